The Labute approximate surface area is 243 Å². The number of thiazole rings is 1. The molecule has 0 spiro atoms. The average Bonchev–Trinajstić information content (AvgIpc) is 3.69. The number of nitrogens with two attached hydrogens (primary N) is 1. The maximum absolute atomic E-state index is 15.8. The van der Waals surface area contributed by atoms with Gasteiger partial charge in [-0.1, -0.05) is 17.2 Å². The van der Waals surface area contributed by atoms with Gasteiger partial charge in [-0.05, 0) is 11.8 Å². The van der Waals surface area contributed by atoms with Gasteiger partial charge in [-0.2, -0.15) is 0 Å². The summed E-state index contributed by atoms with van der Waals surface area (Å²) in [7, 11) is 0. The van der Waals surface area contributed by atoms with Gasteiger partial charge in [0.15, 0.2) is 30.3 Å². The predicted molar refractivity (Wildman–Crippen MR) is 146 cm³/mol. The van der Waals surface area contributed by atoms with Crippen molar-refractivity contribution in [2.45, 2.75) is 37.8 Å². The number of aromatic nitrogens is 8. The summed E-state index contributed by atoms with van der Waals surface area (Å²) in [4.78, 5) is 41.1. The zero-order chi connectivity index (χ0) is 28.9. The van der Waals surface area contributed by atoms with E-state index in [0.717, 1.165) is 0 Å². The molecule has 6 atom stereocenters. The third-order valence-electron chi connectivity index (χ3n) is 6.02. The van der Waals surface area contributed by atoms with Crippen LogP contribution in [0.5, 0.6) is 0 Å². The Kier molecular flexibility index (Phi) is 7.88. The number of aromatic amines is 2. The highest BCUT2D eigenvalue weighted by Crippen LogP contribution is 2.57. The van der Waals surface area contributed by atoms with Crippen molar-refractivity contribution in [1.82, 2.24) is 34.7 Å². The minimum Gasteiger partial charge on any atom is -0.355 e. The van der Waals surface area contributed by atoms with Crippen LogP contribution in [0.2, 0.25) is 0 Å². The maximum atomic E-state index is 15.8. The van der Waals surface area contributed by atoms with E-state index in [9.17, 15) is 14.3 Å². The van der Waals surface area contributed by atoms with Gasteiger partial charge >= 0.3 is 19.2 Å². The fraction of sp³-hybridized carbons (Fsp3) is 0.444. The van der Waals surface area contributed by atoms with Gasteiger partial charge < -0.3 is 24.4 Å². The number of H-pyrrole nitrogens is 2. The highest BCUT2D eigenvalue weighted by molar-refractivity contribution is 8.44. The number of hydrogen-bond acceptors (Lipinski definition) is 14. The van der Waals surface area contributed by atoms with Gasteiger partial charge in [0.1, 0.15) is 12.7 Å². The van der Waals surface area contributed by atoms with Crippen LogP contribution in [0.15, 0.2) is 22.8 Å². The summed E-state index contributed by atoms with van der Waals surface area (Å²) in [6.07, 6.45) is -3.50. The Morgan fingerprint density at radius 2 is 2.17 bits per heavy atom. The van der Waals surface area contributed by atoms with Crippen LogP contribution in [0.25, 0.3) is 21.9 Å². The largest absolute Gasteiger partial charge is 0.387 e. The highest BCUT2D eigenvalue weighted by atomic mass is 32.7. The van der Waals surface area contributed by atoms with Crippen molar-refractivity contribution in [2.75, 3.05) is 18.9 Å². The fourth-order valence-corrected chi connectivity index (χ4v) is 7.26. The van der Waals surface area contributed by atoms with Crippen LogP contribution >= 0.6 is 37.1 Å². The van der Waals surface area contributed by atoms with E-state index >= 15 is 4.39 Å². The molecule has 0 saturated carbocycles. The van der Waals surface area contributed by atoms with Crippen molar-refractivity contribution < 1.29 is 41.2 Å². The lowest BCUT2D eigenvalue weighted by Gasteiger charge is -2.21. The number of ether oxygens (including phenoxy) is 1. The van der Waals surface area contributed by atoms with Crippen LogP contribution in [0.3, 0.4) is 0 Å². The number of hydrogen-bond donors (Lipinski definition) is 5. The standard InChI is InChI=1S/C18H20FN9O8P2S3/c19-11-8-4-33-37(30,39)32-2-1-28-10(23-14(26-28)9-3-21-7-41-9)5-34-38(31,40)36-13(11)17(35-8)27-6-22-12-15(27)24-18(20)25-16(12)29/h3,6-8,11,13,17H,1-2,4-5H2,(H5,20,24,25,29,30,31,39,40)/p+1/t8-,11-,13-,17-,37?,38?/m1/s1. The molecule has 2 aliphatic heterocycles. The Hall–Kier alpha value is -2.16. The molecule has 4 aromatic rings. The summed E-state index contributed by atoms with van der Waals surface area (Å²) in [6.45, 7) is -9.19. The molecule has 2 aliphatic rings. The Morgan fingerprint density at radius 3 is 2.95 bits per heavy atom. The molecule has 4 aromatic heterocycles. The summed E-state index contributed by atoms with van der Waals surface area (Å²) >= 11 is 10.4. The number of alkyl halides is 1. The van der Waals surface area contributed by atoms with Crippen LogP contribution in [-0.4, -0.2) is 71.2 Å². The molecule has 23 heteroatoms. The summed E-state index contributed by atoms with van der Waals surface area (Å²) in [5, 5.41) is 4.40. The molecule has 1 saturated heterocycles. The molecular weight excluding hydrogens is 647 g/mol. The average molecular weight is 669 g/mol. The van der Waals surface area contributed by atoms with Crippen molar-refractivity contribution in [3.05, 3.63) is 34.2 Å². The topological polar surface area (TPSA) is 218 Å². The second-order valence-electron chi connectivity index (χ2n) is 8.69. The minimum atomic E-state index is -4.30. The van der Waals surface area contributed by atoms with Gasteiger partial charge in [0.2, 0.25) is 11.7 Å². The number of rotatable bonds is 2. The van der Waals surface area contributed by atoms with E-state index in [1.165, 1.54) is 26.9 Å². The lowest BCUT2D eigenvalue weighted by Crippen LogP contribution is -2.46. The number of halogens is 1. The number of thiol groups is 1. The third-order valence-corrected chi connectivity index (χ3v) is 10.0. The number of imidazole rings is 1. The summed E-state index contributed by atoms with van der Waals surface area (Å²) in [6, 6.07) is 0. The Balaban J connectivity index is 1.35. The van der Waals surface area contributed by atoms with Crippen LogP contribution < -0.4 is 15.9 Å². The van der Waals surface area contributed by atoms with Crippen molar-refractivity contribution >= 4 is 66.0 Å². The minimum absolute atomic E-state index is 0.00208. The molecule has 0 aromatic carbocycles. The van der Waals surface area contributed by atoms with Crippen molar-refractivity contribution in [3.63, 3.8) is 0 Å². The highest BCUT2D eigenvalue weighted by Gasteiger charge is 2.52. The molecule has 5 N–H and O–H groups in total. The van der Waals surface area contributed by atoms with Crippen LogP contribution in [-0.2, 0) is 52.4 Å². The van der Waals surface area contributed by atoms with E-state index in [0.29, 0.717) is 10.7 Å². The predicted octanol–water partition coefficient (Wildman–Crippen LogP) is 0.975. The van der Waals surface area contributed by atoms with E-state index in [4.69, 9.17) is 40.4 Å². The first-order valence-corrected chi connectivity index (χ1v) is 17.8. The van der Waals surface area contributed by atoms with Gasteiger partial charge in [0, 0.05) is 6.20 Å². The summed E-state index contributed by atoms with van der Waals surface area (Å²) in [5.74, 6) is 0.312. The van der Waals surface area contributed by atoms with E-state index in [1.807, 2.05) is 0 Å². The van der Waals surface area contributed by atoms with E-state index < -0.39 is 56.9 Å². The smallest absolute Gasteiger partial charge is 0.355 e. The molecule has 0 aliphatic carbocycles. The fourth-order valence-electron chi connectivity index (χ4n) is 4.21. The van der Waals surface area contributed by atoms with Crippen molar-refractivity contribution in [2.24, 2.45) is 0 Å². The van der Waals surface area contributed by atoms with Gasteiger partial charge in [0.05, 0.1) is 30.1 Å². The molecule has 220 valence electrons. The quantitative estimate of drug-likeness (QED) is 0.114. The molecule has 0 amide bonds. The Bertz CT molecular complexity index is 1740. The van der Waals surface area contributed by atoms with Crippen LogP contribution in [0.1, 0.15) is 12.1 Å². The number of fused-ring (bicyclic) bond motifs is 4. The molecular formula is C18H21FN9O8P2S3+. The zero-order valence-electron chi connectivity index (χ0n) is 20.5. The second kappa shape index (κ2) is 11.2. The molecule has 6 heterocycles. The third kappa shape index (κ3) is 6.02. The van der Waals surface area contributed by atoms with E-state index in [1.54, 1.807) is 11.7 Å². The number of anilines is 1. The molecule has 1 fully saturated rings. The second-order valence-corrected chi connectivity index (χ2v) is 15.3. The van der Waals surface area contributed by atoms with Gasteiger partial charge in [-0.25, -0.2) is 23.2 Å². The molecule has 41 heavy (non-hydrogen) atoms. The van der Waals surface area contributed by atoms with Gasteiger partial charge in [-0.15, -0.1) is 16.4 Å². The first-order chi connectivity index (χ1) is 19.5. The first-order valence-electron chi connectivity index (χ1n) is 11.7. The maximum Gasteiger partial charge on any atom is 0.387 e. The number of nitrogen functional groups attached to an aromatic ring is 1. The van der Waals surface area contributed by atoms with Crippen LogP contribution in [0.4, 0.5) is 10.3 Å². The molecule has 2 unspecified atom stereocenters. The monoisotopic (exact) mass is 668 g/mol. The van der Waals surface area contributed by atoms with E-state index in [2.05, 4.69) is 42.3 Å². The molecule has 6 rings (SSSR count). The van der Waals surface area contributed by atoms with Crippen molar-refractivity contribution in [1.29, 1.82) is 0 Å². The lowest BCUT2D eigenvalue weighted by atomic mass is 10.1. The number of nitrogens with zero attached hydrogens (tertiary/aromatic N) is 6. The summed E-state index contributed by atoms with van der Waals surface area (Å²) in [5.41, 5.74) is 6.73. The molecule has 2 bridgehead atoms. The summed E-state index contributed by atoms with van der Waals surface area (Å²) < 4.78 is 59.5. The van der Waals surface area contributed by atoms with Gasteiger partial charge in [0.25, 0.3) is 11.5 Å². The Morgan fingerprint density at radius 1 is 1.34 bits per heavy atom. The van der Waals surface area contributed by atoms with Crippen LogP contribution in [0, 0.1) is 0 Å². The SMILES string of the molecule is Nc1nc2c([nH]c[n+]2[C@@H]2O[C@@H]3COP(O)(=S)OCCn4nc(-c5cncs5)nc4COP(=O)(S)O[C@@H]2[C@@H]3F)c(=O)[nH]1. The first kappa shape index (κ1) is 28.9. The zero-order valence-corrected chi connectivity index (χ0v) is 24.8. The number of nitrogens with one attached hydrogen (secondary N) is 2. The van der Waals surface area contributed by atoms with E-state index in [-0.39, 0.29) is 36.1 Å². The van der Waals surface area contributed by atoms with Gasteiger partial charge in [-0.3, -0.25) is 28.8 Å². The van der Waals surface area contributed by atoms with Crippen molar-refractivity contribution in [3.8, 4) is 10.7 Å². The molecule has 17 nitrogen and oxygen atoms in total. The molecule has 0 radical (unpaired) electrons. The normalized spacial score (nSPS) is 31.5. The lowest BCUT2D eigenvalue weighted by molar-refractivity contribution is -0.744.